The van der Waals surface area contributed by atoms with Gasteiger partial charge in [-0.15, -0.1) is 0 Å². The molecule has 0 amide bonds. The van der Waals surface area contributed by atoms with Crippen molar-refractivity contribution in [1.29, 1.82) is 0 Å². The van der Waals surface area contributed by atoms with Gasteiger partial charge in [0, 0.05) is 17.6 Å². The Balaban J connectivity index is 1.92. The van der Waals surface area contributed by atoms with Gasteiger partial charge >= 0.3 is 0 Å². The number of nitrogens with one attached hydrogen (secondary N) is 1. The molecule has 1 unspecified atom stereocenters. The summed E-state index contributed by atoms with van der Waals surface area (Å²) in [6.45, 7) is 0. The number of aryl methyl sites for hydroxylation is 1. The fourth-order valence-corrected chi connectivity index (χ4v) is 4.66. The molecule has 0 aliphatic heterocycles. The maximum atomic E-state index is 12.7. The molecule has 2 aromatic rings. The van der Waals surface area contributed by atoms with E-state index < -0.39 is 10.0 Å². The van der Waals surface area contributed by atoms with Crippen molar-refractivity contribution in [2.75, 3.05) is 0 Å². The molecule has 1 aliphatic rings. The highest BCUT2D eigenvalue weighted by atomic mass is 79.9. The number of aromatic nitrogens is 2. The summed E-state index contributed by atoms with van der Waals surface area (Å²) in [5.74, 6) is 0.299. The lowest BCUT2D eigenvalue weighted by atomic mass is 9.77. The second kappa shape index (κ2) is 6.55. The van der Waals surface area contributed by atoms with E-state index in [0.29, 0.717) is 5.92 Å². The standard InChI is InChI=1S/C15H17BrClN3O2S/c1-20-9-18-15(14(20)17)23(21,22)19-13(10-3-2-4-10)11-5-7-12(16)8-6-11/h5-10,13,19H,2-4H2,1H3. The molecule has 1 atom stereocenters. The number of sulfonamides is 1. The molecule has 5 nitrogen and oxygen atoms in total. The molecule has 1 aromatic carbocycles. The lowest BCUT2D eigenvalue weighted by Gasteiger charge is -2.34. The van der Waals surface area contributed by atoms with Gasteiger partial charge in [0.25, 0.3) is 10.0 Å². The van der Waals surface area contributed by atoms with Crippen molar-refractivity contribution in [2.24, 2.45) is 13.0 Å². The SMILES string of the molecule is Cn1cnc(S(=O)(=O)NC(c2ccc(Br)cc2)C2CCC2)c1Cl. The third kappa shape index (κ3) is 3.47. The summed E-state index contributed by atoms with van der Waals surface area (Å²) in [4.78, 5) is 3.92. The first-order valence-corrected chi connectivity index (χ1v) is 9.98. The Morgan fingerprint density at radius 2 is 2.00 bits per heavy atom. The van der Waals surface area contributed by atoms with Gasteiger partial charge in [0.1, 0.15) is 5.15 Å². The molecule has 1 N–H and O–H groups in total. The molecule has 1 fully saturated rings. The van der Waals surface area contributed by atoms with Crippen LogP contribution in [0.25, 0.3) is 0 Å². The van der Waals surface area contributed by atoms with Gasteiger partial charge in [-0.1, -0.05) is 46.1 Å². The normalized spacial score (nSPS) is 17.0. The molecule has 1 saturated carbocycles. The van der Waals surface area contributed by atoms with E-state index in [1.165, 1.54) is 10.9 Å². The van der Waals surface area contributed by atoms with Gasteiger partial charge in [0.2, 0.25) is 5.03 Å². The maximum Gasteiger partial charge on any atom is 0.261 e. The Labute approximate surface area is 149 Å². The second-order valence-electron chi connectivity index (χ2n) is 5.79. The lowest BCUT2D eigenvalue weighted by Crippen LogP contribution is -2.36. The topological polar surface area (TPSA) is 64.0 Å². The molecule has 124 valence electrons. The molecule has 0 bridgehead atoms. The Kier molecular flexibility index (Phi) is 4.83. The van der Waals surface area contributed by atoms with Crippen molar-refractivity contribution < 1.29 is 8.42 Å². The highest BCUT2D eigenvalue weighted by molar-refractivity contribution is 9.10. The minimum atomic E-state index is -3.77. The van der Waals surface area contributed by atoms with E-state index in [0.717, 1.165) is 29.3 Å². The number of imidazole rings is 1. The van der Waals surface area contributed by atoms with Crippen molar-refractivity contribution in [1.82, 2.24) is 14.3 Å². The zero-order valence-electron chi connectivity index (χ0n) is 12.5. The van der Waals surface area contributed by atoms with Crippen molar-refractivity contribution >= 4 is 37.6 Å². The fourth-order valence-electron chi connectivity index (χ4n) is 2.68. The Morgan fingerprint density at radius 1 is 1.35 bits per heavy atom. The van der Waals surface area contributed by atoms with Crippen LogP contribution in [0, 0.1) is 5.92 Å². The second-order valence-corrected chi connectivity index (χ2v) is 8.70. The zero-order valence-corrected chi connectivity index (χ0v) is 15.7. The fraction of sp³-hybridized carbons (Fsp3) is 0.400. The van der Waals surface area contributed by atoms with Gasteiger partial charge in [0.05, 0.1) is 6.33 Å². The van der Waals surface area contributed by atoms with E-state index in [1.807, 2.05) is 24.3 Å². The molecule has 1 heterocycles. The largest absolute Gasteiger partial charge is 0.324 e. The summed E-state index contributed by atoms with van der Waals surface area (Å²) in [6.07, 6.45) is 4.55. The first kappa shape index (κ1) is 17.0. The monoisotopic (exact) mass is 417 g/mol. The molecule has 0 spiro atoms. The van der Waals surface area contributed by atoms with Crippen LogP contribution in [0.3, 0.4) is 0 Å². The molecular formula is C15H17BrClN3O2S. The zero-order chi connectivity index (χ0) is 16.6. The first-order chi connectivity index (χ1) is 10.9. The van der Waals surface area contributed by atoms with E-state index in [4.69, 9.17) is 11.6 Å². The van der Waals surface area contributed by atoms with Crippen molar-refractivity contribution in [3.8, 4) is 0 Å². The number of hydrogen-bond acceptors (Lipinski definition) is 3. The minimum absolute atomic E-state index is 0.112. The van der Waals surface area contributed by atoms with E-state index >= 15 is 0 Å². The third-order valence-electron chi connectivity index (χ3n) is 4.22. The van der Waals surface area contributed by atoms with E-state index in [1.54, 1.807) is 7.05 Å². The summed E-state index contributed by atoms with van der Waals surface area (Å²) in [5, 5.41) is -0.0104. The smallest absolute Gasteiger partial charge is 0.261 e. The molecule has 23 heavy (non-hydrogen) atoms. The summed E-state index contributed by atoms with van der Waals surface area (Å²) in [7, 11) is -2.12. The van der Waals surface area contributed by atoms with E-state index in [9.17, 15) is 8.42 Å². The van der Waals surface area contributed by atoms with Crippen LogP contribution in [0.2, 0.25) is 5.15 Å². The number of nitrogens with zero attached hydrogens (tertiary/aromatic N) is 2. The van der Waals surface area contributed by atoms with Crippen LogP contribution in [-0.2, 0) is 17.1 Å². The van der Waals surface area contributed by atoms with Crippen LogP contribution in [0.15, 0.2) is 40.1 Å². The molecule has 3 rings (SSSR count). The van der Waals surface area contributed by atoms with Crippen LogP contribution < -0.4 is 4.72 Å². The summed E-state index contributed by atoms with van der Waals surface area (Å²) >= 11 is 9.45. The molecule has 0 saturated heterocycles. The Morgan fingerprint density at radius 3 is 2.48 bits per heavy atom. The summed E-state index contributed by atoms with van der Waals surface area (Å²) < 4.78 is 30.6. The predicted octanol–water partition coefficient (Wildman–Crippen LogP) is 3.66. The van der Waals surface area contributed by atoms with Crippen molar-refractivity contribution in [3.63, 3.8) is 0 Å². The van der Waals surface area contributed by atoms with Crippen LogP contribution >= 0.6 is 27.5 Å². The predicted molar refractivity (Wildman–Crippen MR) is 92.8 cm³/mol. The molecule has 1 aromatic heterocycles. The van der Waals surface area contributed by atoms with Gasteiger partial charge in [-0.3, -0.25) is 0 Å². The lowest BCUT2D eigenvalue weighted by molar-refractivity contribution is 0.251. The average Bonchev–Trinajstić information content (AvgIpc) is 2.78. The Hall–Kier alpha value is -0.890. The molecule has 1 aliphatic carbocycles. The molecular weight excluding hydrogens is 402 g/mol. The number of rotatable bonds is 5. The van der Waals surface area contributed by atoms with Gasteiger partial charge in [-0.25, -0.2) is 18.1 Å². The molecule has 8 heteroatoms. The third-order valence-corrected chi connectivity index (χ3v) is 6.68. The van der Waals surface area contributed by atoms with Gasteiger partial charge in [-0.2, -0.15) is 0 Å². The van der Waals surface area contributed by atoms with Crippen molar-refractivity contribution in [2.45, 2.75) is 30.3 Å². The van der Waals surface area contributed by atoms with Gasteiger partial charge in [-0.05, 0) is 36.5 Å². The summed E-state index contributed by atoms with van der Waals surface area (Å²) in [6, 6.07) is 7.46. The van der Waals surface area contributed by atoms with Crippen LogP contribution in [0.5, 0.6) is 0 Å². The van der Waals surface area contributed by atoms with Crippen molar-refractivity contribution in [3.05, 3.63) is 45.8 Å². The quantitative estimate of drug-likeness (QED) is 0.806. The maximum absolute atomic E-state index is 12.7. The summed E-state index contributed by atoms with van der Waals surface area (Å²) in [5.41, 5.74) is 0.952. The number of benzene rings is 1. The highest BCUT2D eigenvalue weighted by Crippen LogP contribution is 2.39. The highest BCUT2D eigenvalue weighted by Gasteiger charge is 2.34. The van der Waals surface area contributed by atoms with E-state index in [-0.39, 0.29) is 16.2 Å². The van der Waals surface area contributed by atoms with Crippen LogP contribution in [0.4, 0.5) is 0 Å². The van der Waals surface area contributed by atoms with E-state index in [2.05, 4.69) is 25.6 Å². The van der Waals surface area contributed by atoms with Crippen LogP contribution in [-0.4, -0.2) is 18.0 Å². The molecule has 0 radical (unpaired) electrons. The Bertz CT molecular complexity index is 801. The number of halogens is 2. The van der Waals surface area contributed by atoms with Gasteiger partial charge in [0.15, 0.2) is 0 Å². The van der Waals surface area contributed by atoms with Crippen LogP contribution in [0.1, 0.15) is 30.9 Å². The first-order valence-electron chi connectivity index (χ1n) is 7.33. The number of hydrogen-bond donors (Lipinski definition) is 1. The van der Waals surface area contributed by atoms with Gasteiger partial charge < -0.3 is 4.57 Å². The minimum Gasteiger partial charge on any atom is -0.324 e. The average molecular weight is 419 g/mol.